The number of hydrogen-bond acceptors (Lipinski definition) is 2. The molecule has 1 N–H and O–H groups in total. The van der Waals surface area contributed by atoms with E-state index in [1.165, 1.54) is 0 Å². The molecule has 0 atom stereocenters. The summed E-state index contributed by atoms with van der Waals surface area (Å²) in [7, 11) is 0. The zero-order valence-electron chi connectivity index (χ0n) is 15.3. The van der Waals surface area contributed by atoms with Crippen LogP contribution < -0.4 is 4.40 Å². The van der Waals surface area contributed by atoms with E-state index in [1.807, 2.05) is 102 Å². The van der Waals surface area contributed by atoms with E-state index in [0.717, 1.165) is 25.7 Å². The number of benzene rings is 2. The maximum atomic E-state index is 10.9. The minimum atomic E-state index is 0.135. The molecule has 2 aromatic heterocycles. The van der Waals surface area contributed by atoms with E-state index >= 15 is 0 Å². The third-order valence-corrected chi connectivity index (χ3v) is 5.48. The second kappa shape index (κ2) is 8.72. The first-order valence-corrected chi connectivity index (χ1v) is 10.6. The van der Waals surface area contributed by atoms with E-state index in [1.54, 1.807) is 0 Å². The molecule has 0 aliphatic heterocycles. The maximum absolute atomic E-state index is 10.9. The molecule has 0 aliphatic carbocycles. The summed E-state index contributed by atoms with van der Waals surface area (Å²) < 4.78 is 3.93. The molecule has 142 valence electrons. The topological polar surface area (TPSA) is 37.2 Å². The molecular weight excluding hydrogens is 492 g/mol. The van der Waals surface area contributed by atoms with Crippen molar-refractivity contribution in [2.24, 2.45) is 0 Å². The Bertz CT molecular complexity index is 1210. The normalized spacial score (nSPS) is 11.7. The van der Waals surface area contributed by atoms with Gasteiger partial charge < -0.3 is 5.11 Å². The lowest BCUT2D eigenvalue weighted by molar-refractivity contribution is -0.517. The summed E-state index contributed by atoms with van der Waals surface area (Å²) in [4.78, 5) is 4.61. The van der Waals surface area contributed by atoms with Crippen LogP contribution in [0.3, 0.4) is 0 Å². The van der Waals surface area contributed by atoms with Gasteiger partial charge in [-0.25, -0.2) is 0 Å². The van der Waals surface area contributed by atoms with Crippen molar-refractivity contribution in [3.05, 3.63) is 104 Å². The fourth-order valence-corrected chi connectivity index (χ4v) is 3.45. The first-order chi connectivity index (χ1) is 14.1. The van der Waals surface area contributed by atoms with Crippen molar-refractivity contribution in [3.8, 4) is 5.75 Å². The van der Waals surface area contributed by atoms with Crippen LogP contribution in [0.15, 0.2) is 81.9 Å². The van der Waals surface area contributed by atoms with Crippen molar-refractivity contribution in [2.75, 3.05) is 0 Å². The van der Waals surface area contributed by atoms with Crippen LogP contribution in [0, 0.1) is 0 Å². The molecule has 0 bridgehead atoms. The average Bonchev–Trinajstić information content (AvgIpc) is 2.74. The zero-order chi connectivity index (χ0) is 20.2. The maximum Gasteiger partial charge on any atom is 0.329 e. The van der Waals surface area contributed by atoms with Crippen LogP contribution >= 0.6 is 31.9 Å². The van der Waals surface area contributed by atoms with Gasteiger partial charge in [0.2, 0.25) is 11.4 Å². The van der Waals surface area contributed by atoms with Crippen LogP contribution in [0.4, 0.5) is 0 Å². The summed E-state index contributed by atoms with van der Waals surface area (Å²) in [6, 6.07) is 21.8. The highest BCUT2D eigenvalue weighted by molar-refractivity contribution is 9.10. The zero-order valence-corrected chi connectivity index (χ0v) is 18.5. The second-order valence-corrected chi connectivity index (χ2v) is 8.26. The van der Waals surface area contributed by atoms with Crippen LogP contribution in [-0.2, 0) is 0 Å². The van der Waals surface area contributed by atoms with Crippen molar-refractivity contribution in [1.82, 2.24) is 4.98 Å². The third kappa shape index (κ3) is 4.63. The minimum Gasteiger partial charge on any atom is -0.501 e. The summed E-state index contributed by atoms with van der Waals surface area (Å²) in [6.45, 7) is 0. The number of pyridine rings is 1. The molecule has 0 spiro atoms. The highest BCUT2D eigenvalue weighted by Crippen LogP contribution is 2.24. The van der Waals surface area contributed by atoms with E-state index in [9.17, 15) is 5.11 Å². The van der Waals surface area contributed by atoms with Crippen molar-refractivity contribution in [1.29, 1.82) is 0 Å². The monoisotopic (exact) mass is 507 g/mol. The number of aromatic hydroxyl groups is 1. The molecule has 0 fully saturated rings. The molecule has 0 aliphatic rings. The predicted octanol–water partition coefficient (Wildman–Crippen LogP) is 6.39. The highest BCUT2D eigenvalue weighted by Gasteiger charge is 2.18. The molecule has 3 nitrogen and oxygen atoms in total. The second-order valence-electron chi connectivity index (χ2n) is 6.43. The number of fused-ring (bicyclic) bond motifs is 1. The number of hydrogen-bond donors (Lipinski definition) is 1. The van der Waals surface area contributed by atoms with Gasteiger partial charge in [-0.1, -0.05) is 74.3 Å². The standard InChI is InChI=1S/C24H16Br2N2O/c25-19-10-4-17(5-11-19)8-14-21-24(29)22(28-16-2-1-3-23(28)27-21)15-9-18-6-12-20(26)13-7-18/h1-16H/p+1. The molecule has 0 saturated carbocycles. The van der Waals surface area contributed by atoms with E-state index in [-0.39, 0.29) is 5.75 Å². The quantitative estimate of drug-likeness (QED) is 0.324. The molecule has 2 heterocycles. The summed E-state index contributed by atoms with van der Waals surface area (Å²) in [5.41, 5.74) is 4.03. The fraction of sp³-hybridized carbons (Fsp3) is 0. The Morgan fingerprint density at radius 3 is 1.93 bits per heavy atom. The van der Waals surface area contributed by atoms with Crippen LogP contribution in [-0.4, -0.2) is 10.1 Å². The number of aromatic nitrogens is 2. The van der Waals surface area contributed by atoms with Gasteiger partial charge in [0.25, 0.3) is 0 Å². The van der Waals surface area contributed by atoms with E-state index in [0.29, 0.717) is 11.4 Å². The lowest BCUT2D eigenvalue weighted by Crippen LogP contribution is -2.27. The van der Waals surface area contributed by atoms with Crippen molar-refractivity contribution < 1.29 is 9.51 Å². The fourth-order valence-electron chi connectivity index (χ4n) is 2.92. The molecule has 2 aromatic carbocycles. The first-order valence-electron chi connectivity index (χ1n) is 9.01. The van der Waals surface area contributed by atoms with Gasteiger partial charge in [-0.05, 0) is 58.6 Å². The van der Waals surface area contributed by atoms with E-state index < -0.39 is 0 Å². The molecule has 4 aromatic rings. The largest absolute Gasteiger partial charge is 0.501 e. The first kappa shape index (κ1) is 19.6. The Kier molecular flexibility index (Phi) is 5.88. The SMILES string of the molecule is Oc1c(C=Cc2ccc(Br)cc2)nc2cccc[n+]2c1C=Cc1ccc(Br)cc1. The third-order valence-electron chi connectivity index (χ3n) is 4.43. The van der Waals surface area contributed by atoms with E-state index in [4.69, 9.17) is 0 Å². The number of halogens is 2. The van der Waals surface area contributed by atoms with Crippen LogP contribution in [0.1, 0.15) is 22.5 Å². The lowest BCUT2D eigenvalue weighted by atomic mass is 10.1. The summed E-state index contributed by atoms with van der Waals surface area (Å²) >= 11 is 6.89. The van der Waals surface area contributed by atoms with Gasteiger partial charge in [-0.3, -0.25) is 0 Å². The predicted molar refractivity (Wildman–Crippen MR) is 125 cm³/mol. The molecule has 0 saturated heterocycles. The molecule has 0 radical (unpaired) electrons. The van der Waals surface area contributed by atoms with E-state index in [2.05, 4.69) is 36.8 Å². The van der Waals surface area contributed by atoms with Gasteiger partial charge >= 0.3 is 5.65 Å². The summed E-state index contributed by atoms with van der Waals surface area (Å²) in [5.74, 6) is 0.135. The Balaban J connectivity index is 1.77. The average molecular weight is 509 g/mol. The Labute approximate surface area is 186 Å². The van der Waals surface area contributed by atoms with Gasteiger partial charge in [0.15, 0.2) is 5.69 Å². The smallest absolute Gasteiger partial charge is 0.329 e. The molecule has 5 heteroatoms. The Hall–Kier alpha value is -2.76. The van der Waals surface area contributed by atoms with Gasteiger partial charge in [0.05, 0.1) is 6.20 Å². The van der Waals surface area contributed by atoms with Gasteiger partial charge in [0, 0.05) is 15.0 Å². The van der Waals surface area contributed by atoms with Crippen molar-refractivity contribution in [3.63, 3.8) is 0 Å². The Morgan fingerprint density at radius 1 is 0.724 bits per heavy atom. The highest BCUT2D eigenvalue weighted by atomic mass is 79.9. The molecule has 0 amide bonds. The lowest BCUT2D eigenvalue weighted by Gasteiger charge is -2.02. The van der Waals surface area contributed by atoms with Crippen LogP contribution in [0.25, 0.3) is 30.0 Å². The molecule has 4 rings (SSSR count). The van der Waals surface area contributed by atoms with Gasteiger partial charge in [-0.15, -0.1) is 0 Å². The van der Waals surface area contributed by atoms with Crippen LogP contribution in [0.5, 0.6) is 5.75 Å². The summed E-state index contributed by atoms with van der Waals surface area (Å²) in [6.07, 6.45) is 9.55. The number of nitrogens with zero attached hydrogens (tertiary/aromatic N) is 2. The van der Waals surface area contributed by atoms with Crippen molar-refractivity contribution >= 4 is 61.8 Å². The summed E-state index contributed by atoms with van der Waals surface area (Å²) in [5, 5.41) is 10.9. The molecule has 29 heavy (non-hydrogen) atoms. The van der Waals surface area contributed by atoms with Crippen LogP contribution in [0.2, 0.25) is 0 Å². The van der Waals surface area contributed by atoms with Crippen molar-refractivity contribution in [2.45, 2.75) is 0 Å². The van der Waals surface area contributed by atoms with Gasteiger partial charge in [-0.2, -0.15) is 4.40 Å². The molecular formula is C24H17Br2N2O+. The van der Waals surface area contributed by atoms with Gasteiger partial charge in [0.1, 0.15) is 0 Å². The molecule has 0 unspecified atom stereocenters. The number of rotatable bonds is 4. The minimum absolute atomic E-state index is 0.135. The Morgan fingerprint density at radius 2 is 1.31 bits per heavy atom.